The first-order chi connectivity index (χ1) is 11.5. The summed E-state index contributed by atoms with van der Waals surface area (Å²) in [6, 6.07) is 8.57. The normalized spacial score (nSPS) is 18.5. The topological polar surface area (TPSA) is 44.2 Å². The van der Waals surface area contributed by atoms with Gasteiger partial charge in [-0.15, -0.1) is 0 Å². The van der Waals surface area contributed by atoms with Crippen LogP contribution in [0.25, 0.3) is 11.4 Å². The first-order valence-corrected chi connectivity index (χ1v) is 7.76. The predicted molar refractivity (Wildman–Crippen MR) is 80.9 cm³/mol. The van der Waals surface area contributed by atoms with Crippen LogP contribution in [0.5, 0.6) is 0 Å². The molecule has 1 aromatic carbocycles. The number of hydrogen-bond donors (Lipinski definition) is 0. The van der Waals surface area contributed by atoms with E-state index in [1.165, 1.54) is 6.20 Å². The van der Waals surface area contributed by atoms with Crippen molar-refractivity contribution in [1.82, 2.24) is 9.97 Å². The summed E-state index contributed by atoms with van der Waals surface area (Å²) in [6.45, 7) is 0.342. The average Bonchev–Trinajstić information content (AvgIpc) is 2.61. The first kappa shape index (κ1) is 16.9. The smallest absolute Gasteiger partial charge is 0.353 e. The fourth-order valence-corrected chi connectivity index (χ4v) is 2.51. The van der Waals surface area contributed by atoms with E-state index in [1.54, 1.807) is 30.3 Å². The highest BCUT2D eigenvalue weighted by Crippen LogP contribution is 2.32. The Morgan fingerprint density at radius 2 is 1.96 bits per heavy atom. The lowest BCUT2D eigenvalue weighted by molar-refractivity contribution is -0.172. The molecular formula is C17H17F3N2O2. The standard InChI is InChI=1S/C17H17F3N2O2/c18-17(19,20)15-13(11-24-14-8-4-5-9-23-14)10-21-16(22-15)12-6-2-1-3-7-12/h1-3,6-7,10,14H,4-5,8-9,11H2. The minimum absolute atomic E-state index is 0.0422. The van der Waals surface area contributed by atoms with Crippen molar-refractivity contribution in [3.05, 3.63) is 47.8 Å². The lowest BCUT2D eigenvalue weighted by Gasteiger charge is -2.23. The SMILES string of the molecule is FC(F)(F)c1nc(-c2ccccc2)ncc1COC1CCCCO1. The molecular weight excluding hydrogens is 321 g/mol. The number of aromatic nitrogens is 2. The van der Waals surface area contributed by atoms with Gasteiger partial charge in [-0.25, -0.2) is 9.97 Å². The number of hydrogen-bond acceptors (Lipinski definition) is 4. The lowest BCUT2D eigenvalue weighted by atomic mass is 10.1. The highest BCUT2D eigenvalue weighted by atomic mass is 19.4. The van der Waals surface area contributed by atoms with E-state index in [0.717, 1.165) is 12.8 Å². The van der Waals surface area contributed by atoms with Crippen molar-refractivity contribution >= 4 is 0 Å². The third-order valence-corrected chi connectivity index (χ3v) is 3.73. The van der Waals surface area contributed by atoms with Crippen LogP contribution in [0.3, 0.4) is 0 Å². The molecule has 0 aliphatic carbocycles. The number of ether oxygens (including phenoxy) is 2. The van der Waals surface area contributed by atoms with Gasteiger partial charge in [0, 0.05) is 23.9 Å². The number of nitrogens with zero attached hydrogens (tertiary/aromatic N) is 2. The summed E-state index contributed by atoms with van der Waals surface area (Å²) in [6.07, 6.45) is -1.28. The third-order valence-electron chi connectivity index (χ3n) is 3.73. The Morgan fingerprint density at radius 1 is 1.17 bits per heavy atom. The van der Waals surface area contributed by atoms with E-state index in [9.17, 15) is 13.2 Å². The average molecular weight is 338 g/mol. The van der Waals surface area contributed by atoms with Crippen LogP contribution in [0.2, 0.25) is 0 Å². The molecule has 3 rings (SSSR count). The Morgan fingerprint density at radius 3 is 2.62 bits per heavy atom. The molecule has 1 unspecified atom stereocenters. The second-order valence-electron chi connectivity index (χ2n) is 5.54. The van der Waals surface area contributed by atoms with Crippen molar-refractivity contribution in [2.24, 2.45) is 0 Å². The van der Waals surface area contributed by atoms with Gasteiger partial charge in [-0.3, -0.25) is 0 Å². The van der Waals surface area contributed by atoms with Crippen molar-refractivity contribution in [1.29, 1.82) is 0 Å². The Labute approximate surface area is 137 Å². The number of benzene rings is 1. The Bertz CT molecular complexity index is 671. The van der Waals surface area contributed by atoms with E-state index in [0.29, 0.717) is 18.6 Å². The van der Waals surface area contributed by atoms with E-state index in [-0.39, 0.29) is 18.0 Å². The summed E-state index contributed by atoms with van der Waals surface area (Å²) in [5, 5.41) is 0. The molecule has 1 aliphatic rings. The largest absolute Gasteiger partial charge is 0.433 e. The van der Waals surface area contributed by atoms with Gasteiger partial charge in [0.1, 0.15) is 0 Å². The van der Waals surface area contributed by atoms with Gasteiger partial charge in [0.05, 0.1) is 6.61 Å². The maximum absolute atomic E-state index is 13.3. The summed E-state index contributed by atoms with van der Waals surface area (Å²) >= 11 is 0. The number of rotatable bonds is 4. The molecule has 1 aliphatic heterocycles. The van der Waals surface area contributed by atoms with Crippen molar-refractivity contribution in [2.45, 2.75) is 38.3 Å². The van der Waals surface area contributed by atoms with Crippen LogP contribution in [-0.4, -0.2) is 22.9 Å². The van der Waals surface area contributed by atoms with E-state index in [4.69, 9.17) is 9.47 Å². The molecule has 0 spiro atoms. The van der Waals surface area contributed by atoms with Gasteiger partial charge < -0.3 is 9.47 Å². The van der Waals surface area contributed by atoms with Gasteiger partial charge in [-0.2, -0.15) is 13.2 Å². The van der Waals surface area contributed by atoms with Crippen LogP contribution in [0, 0.1) is 0 Å². The highest BCUT2D eigenvalue weighted by Gasteiger charge is 2.36. The van der Waals surface area contributed by atoms with Gasteiger partial charge in [0.15, 0.2) is 17.8 Å². The van der Waals surface area contributed by atoms with Gasteiger partial charge in [0.2, 0.25) is 0 Å². The van der Waals surface area contributed by atoms with E-state index in [2.05, 4.69) is 9.97 Å². The Kier molecular flexibility index (Phi) is 5.11. The maximum Gasteiger partial charge on any atom is 0.433 e. The maximum atomic E-state index is 13.3. The van der Waals surface area contributed by atoms with Crippen molar-refractivity contribution < 1.29 is 22.6 Å². The van der Waals surface area contributed by atoms with Crippen molar-refractivity contribution in [2.75, 3.05) is 6.61 Å². The van der Waals surface area contributed by atoms with Crippen LogP contribution in [0.1, 0.15) is 30.5 Å². The summed E-state index contributed by atoms with van der Waals surface area (Å²) in [4.78, 5) is 7.78. The van der Waals surface area contributed by atoms with E-state index < -0.39 is 18.2 Å². The van der Waals surface area contributed by atoms with E-state index in [1.807, 2.05) is 0 Å². The number of alkyl halides is 3. The summed E-state index contributed by atoms with van der Waals surface area (Å²) in [7, 11) is 0. The molecule has 0 N–H and O–H groups in total. The first-order valence-electron chi connectivity index (χ1n) is 7.76. The monoisotopic (exact) mass is 338 g/mol. The predicted octanol–water partition coefficient (Wildman–Crippen LogP) is 4.21. The zero-order chi connectivity index (χ0) is 17.0. The molecule has 2 heterocycles. The zero-order valence-corrected chi connectivity index (χ0v) is 12.9. The molecule has 0 radical (unpaired) electrons. The molecule has 0 amide bonds. The fourth-order valence-electron chi connectivity index (χ4n) is 2.51. The van der Waals surface area contributed by atoms with Gasteiger partial charge in [-0.1, -0.05) is 30.3 Å². The van der Waals surface area contributed by atoms with Crippen LogP contribution in [0.4, 0.5) is 13.2 Å². The second kappa shape index (κ2) is 7.27. The quantitative estimate of drug-likeness (QED) is 0.838. The van der Waals surface area contributed by atoms with Gasteiger partial charge >= 0.3 is 6.18 Å². The summed E-state index contributed by atoms with van der Waals surface area (Å²) in [5.41, 5.74) is -0.519. The fraction of sp³-hybridized carbons (Fsp3) is 0.412. The molecule has 1 fully saturated rings. The molecule has 1 saturated heterocycles. The molecule has 7 heteroatoms. The third kappa shape index (κ3) is 4.10. The summed E-state index contributed by atoms with van der Waals surface area (Å²) < 4.78 is 50.8. The molecule has 4 nitrogen and oxygen atoms in total. The van der Waals surface area contributed by atoms with E-state index >= 15 is 0 Å². The zero-order valence-electron chi connectivity index (χ0n) is 12.9. The molecule has 0 bridgehead atoms. The second-order valence-corrected chi connectivity index (χ2v) is 5.54. The minimum atomic E-state index is -4.57. The van der Waals surface area contributed by atoms with Crippen LogP contribution < -0.4 is 0 Å². The molecule has 2 aromatic rings. The summed E-state index contributed by atoms with van der Waals surface area (Å²) in [5.74, 6) is 0.0422. The van der Waals surface area contributed by atoms with Crippen molar-refractivity contribution in [3.63, 3.8) is 0 Å². The molecule has 128 valence electrons. The molecule has 24 heavy (non-hydrogen) atoms. The lowest BCUT2D eigenvalue weighted by Crippen LogP contribution is -2.23. The molecule has 1 aromatic heterocycles. The molecule has 0 saturated carbocycles. The number of halogens is 3. The van der Waals surface area contributed by atoms with Crippen molar-refractivity contribution in [3.8, 4) is 11.4 Å². The highest BCUT2D eigenvalue weighted by molar-refractivity contribution is 5.54. The van der Waals surface area contributed by atoms with Crippen LogP contribution in [0.15, 0.2) is 36.5 Å². The Hall–Kier alpha value is -1.99. The van der Waals surface area contributed by atoms with Gasteiger partial charge in [-0.05, 0) is 19.3 Å². The van der Waals surface area contributed by atoms with Crippen LogP contribution >= 0.6 is 0 Å². The molecule has 1 atom stereocenters. The van der Waals surface area contributed by atoms with Crippen LogP contribution in [-0.2, 0) is 22.3 Å². The Balaban J connectivity index is 1.83. The van der Waals surface area contributed by atoms with Gasteiger partial charge in [0.25, 0.3) is 0 Å². The minimum Gasteiger partial charge on any atom is -0.353 e.